The first kappa shape index (κ1) is 15.7. The predicted octanol–water partition coefficient (Wildman–Crippen LogP) is 4.00. The lowest BCUT2D eigenvalue weighted by atomic mass is 10.1. The number of benzene rings is 2. The van der Waals surface area contributed by atoms with Gasteiger partial charge in [0.1, 0.15) is 5.75 Å². The van der Waals surface area contributed by atoms with Crippen molar-refractivity contribution in [3.63, 3.8) is 0 Å². The Balaban J connectivity index is 2.18. The highest BCUT2D eigenvalue weighted by Gasteiger charge is 2.09. The van der Waals surface area contributed by atoms with E-state index in [1.165, 1.54) is 5.56 Å². The Morgan fingerprint density at radius 3 is 2.62 bits per heavy atom. The molecule has 0 radical (unpaired) electrons. The van der Waals surface area contributed by atoms with Crippen LogP contribution in [-0.2, 0) is 6.54 Å². The molecule has 0 aromatic heterocycles. The Kier molecular flexibility index (Phi) is 5.10. The van der Waals surface area contributed by atoms with Gasteiger partial charge < -0.3 is 15.4 Å². The predicted molar refractivity (Wildman–Crippen MR) is 89.2 cm³/mol. The average Bonchev–Trinajstić information content (AvgIpc) is 2.47. The SMILES string of the molecule is COc1cccc(CN(C)c2ccc([C@H](C)N)cc2Cl)c1. The van der Waals surface area contributed by atoms with Crippen molar-refractivity contribution in [1.29, 1.82) is 0 Å². The summed E-state index contributed by atoms with van der Waals surface area (Å²) in [5, 5.41) is 0.718. The van der Waals surface area contributed by atoms with Gasteiger partial charge in [-0.15, -0.1) is 0 Å². The topological polar surface area (TPSA) is 38.5 Å². The van der Waals surface area contributed by atoms with Crippen molar-refractivity contribution in [3.05, 3.63) is 58.6 Å². The summed E-state index contributed by atoms with van der Waals surface area (Å²) in [5.74, 6) is 0.860. The summed E-state index contributed by atoms with van der Waals surface area (Å²) in [4.78, 5) is 2.11. The van der Waals surface area contributed by atoms with Crippen molar-refractivity contribution >= 4 is 17.3 Å². The fraction of sp³-hybridized carbons (Fsp3) is 0.294. The molecular weight excluding hydrogens is 284 g/mol. The van der Waals surface area contributed by atoms with Gasteiger partial charge >= 0.3 is 0 Å². The Hall–Kier alpha value is -1.71. The van der Waals surface area contributed by atoms with E-state index < -0.39 is 0 Å². The summed E-state index contributed by atoms with van der Waals surface area (Å²) in [6.07, 6.45) is 0. The number of rotatable bonds is 5. The monoisotopic (exact) mass is 304 g/mol. The van der Waals surface area contributed by atoms with E-state index in [-0.39, 0.29) is 6.04 Å². The molecule has 0 saturated heterocycles. The maximum Gasteiger partial charge on any atom is 0.119 e. The van der Waals surface area contributed by atoms with Gasteiger partial charge in [0.05, 0.1) is 17.8 Å². The highest BCUT2D eigenvalue weighted by molar-refractivity contribution is 6.33. The lowest BCUT2D eigenvalue weighted by molar-refractivity contribution is 0.414. The van der Waals surface area contributed by atoms with Gasteiger partial charge in [0, 0.05) is 19.6 Å². The third-order valence-corrected chi connectivity index (χ3v) is 3.77. The fourth-order valence-electron chi connectivity index (χ4n) is 2.25. The number of halogens is 1. The number of hydrogen-bond acceptors (Lipinski definition) is 3. The number of ether oxygens (including phenoxy) is 1. The van der Waals surface area contributed by atoms with Crippen molar-refractivity contribution in [2.24, 2.45) is 5.73 Å². The van der Waals surface area contributed by atoms with Crippen LogP contribution in [-0.4, -0.2) is 14.2 Å². The molecule has 2 aromatic carbocycles. The number of hydrogen-bond donors (Lipinski definition) is 1. The van der Waals surface area contributed by atoms with E-state index in [9.17, 15) is 0 Å². The van der Waals surface area contributed by atoms with Crippen molar-refractivity contribution in [3.8, 4) is 5.75 Å². The molecule has 0 unspecified atom stereocenters. The second-order valence-electron chi connectivity index (χ2n) is 5.21. The summed E-state index contributed by atoms with van der Waals surface area (Å²) in [7, 11) is 3.69. The molecule has 1 atom stereocenters. The van der Waals surface area contributed by atoms with Gasteiger partial charge in [0.2, 0.25) is 0 Å². The molecule has 0 aliphatic carbocycles. The highest BCUT2D eigenvalue weighted by atomic mass is 35.5. The molecule has 0 aliphatic heterocycles. The van der Waals surface area contributed by atoms with Crippen LogP contribution < -0.4 is 15.4 Å². The normalized spacial score (nSPS) is 12.0. The molecule has 4 heteroatoms. The van der Waals surface area contributed by atoms with Gasteiger partial charge in [0.25, 0.3) is 0 Å². The molecule has 0 spiro atoms. The zero-order valence-corrected chi connectivity index (χ0v) is 13.4. The van der Waals surface area contributed by atoms with Crippen LogP contribution in [0.15, 0.2) is 42.5 Å². The summed E-state index contributed by atoms with van der Waals surface area (Å²) in [5.41, 5.74) is 9.08. The van der Waals surface area contributed by atoms with Gasteiger partial charge in [-0.25, -0.2) is 0 Å². The summed E-state index contributed by atoms with van der Waals surface area (Å²) < 4.78 is 5.25. The van der Waals surface area contributed by atoms with Gasteiger partial charge in [-0.05, 0) is 42.3 Å². The molecule has 2 rings (SSSR count). The minimum atomic E-state index is -0.0137. The Morgan fingerprint density at radius 1 is 1.24 bits per heavy atom. The highest BCUT2D eigenvalue weighted by Crippen LogP contribution is 2.29. The van der Waals surface area contributed by atoms with E-state index in [1.54, 1.807) is 7.11 Å². The van der Waals surface area contributed by atoms with E-state index in [0.717, 1.165) is 28.6 Å². The van der Waals surface area contributed by atoms with E-state index in [0.29, 0.717) is 0 Å². The Labute approximate surface area is 131 Å². The van der Waals surface area contributed by atoms with Crippen molar-refractivity contribution in [2.45, 2.75) is 19.5 Å². The zero-order valence-electron chi connectivity index (χ0n) is 12.6. The second-order valence-corrected chi connectivity index (χ2v) is 5.61. The van der Waals surface area contributed by atoms with Crippen LogP contribution in [0.1, 0.15) is 24.1 Å². The standard InChI is InChI=1S/C17H21ClN2O/c1-12(19)14-7-8-17(16(18)10-14)20(2)11-13-5-4-6-15(9-13)21-3/h4-10,12H,11,19H2,1-3H3/t12-/m0/s1. The maximum absolute atomic E-state index is 6.37. The van der Waals surface area contributed by atoms with E-state index in [4.69, 9.17) is 22.1 Å². The molecule has 0 amide bonds. The zero-order chi connectivity index (χ0) is 15.4. The number of methoxy groups -OCH3 is 1. The second kappa shape index (κ2) is 6.83. The van der Waals surface area contributed by atoms with Crippen molar-refractivity contribution in [1.82, 2.24) is 0 Å². The molecule has 0 aliphatic rings. The van der Waals surface area contributed by atoms with Crippen LogP contribution >= 0.6 is 11.6 Å². The summed E-state index contributed by atoms with van der Waals surface area (Å²) >= 11 is 6.37. The number of anilines is 1. The summed E-state index contributed by atoms with van der Waals surface area (Å²) in [6.45, 7) is 2.71. The first-order valence-corrected chi connectivity index (χ1v) is 7.28. The molecule has 2 N–H and O–H groups in total. The molecule has 3 nitrogen and oxygen atoms in total. The molecule has 2 aromatic rings. The molecule has 0 saturated carbocycles. The van der Waals surface area contributed by atoms with Crippen LogP contribution in [0.2, 0.25) is 5.02 Å². The van der Waals surface area contributed by atoms with Gasteiger partial charge in [-0.3, -0.25) is 0 Å². The first-order chi connectivity index (χ1) is 10.0. The molecule has 0 bridgehead atoms. The maximum atomic E-state index is 6.37. The van der Waals surface area contributed by atoms with Crippen LogP contribution in [0.4, 0.5) is 5.69 Å². The van der Waals surface area contributed by atoms with Crippen LogP contribution in [0.5, 0.6) is 5.75 Å². The largest absolute Gasteiger partial charge is 0.497 e. The van der Waals surface area contributed by atoms with Crippen LogP contribution in [0.3, 0.4) is 0 Å². The van der Waals surface area contributed by atoms with Crippen LogP contribution in [0, 0.1) is 0 Å². The third kappa shape index (κ3) is 3.90. The quantitative estimate of drug-likeness (QED) is 0.907. The number of nitrogens with zero attached hydrogens (tertiary/aromatic N) is 1. The third-order valence-electron chi connectivity index (χ3n) is 3.46. The number of nitrogens with two attached hydrogens (primary N) is 1. The summed E-state index contributed by atoms with van der Waals surface area (Å²) in [6, 6.07) is 14.0. The lowest BCUT2D eigenvalue weighted by Crippen LogP contribution is -2.17. The van der Waals surface area contributed by atoms with E-state index in [1.807, 2.05) is 50.4 Å². The van der Waals surface area contributed by atoms with Gasteiger partial charge in [-0.1, -0.05) is 29.8 Å². The minimum Gasteiger partial charge on any atom is -0.497 e. The van der Waals surface area contributed by atoms with Gasteiger partial charge in [-0.2, -0.15) is 0 Å². The van der Waals surface area contributed by atoms with Gasteiger partial charge in [0.15, 0.2) is 0 Å². The van der Waals surface area contributed by atoms with E-state index in [2.05, 4.69) is 11.0 Å². The minimum absolute atomic E-state index is 0.0137. The fourth-order valence-corrected chi connectivity index (χ4v) is 2.58. The Morgan fingerprint density at radius 2 is 2.00 bits per heavy atom. The van der Waals surface area contributed by atoms with Crippen LogP contribution in [0.25, 0.3) is 0 Å². The molecule has 21 heavy (non-hydrogen) atoms. The Bertz CT molecular complexity index is 613. The lowest BCUT2D eigenvalue weighted by Gasteiger charge is -2.22. The molecule has 0 heterocycles. The molecular formula is C17H21ClN2O. The average molecular weight is 305 g/mol. The smallest absolute Gasteiger partial charge is 0.119 e. The van der Waals surface area contributed by atoms with Crippen molar-refractivity contribution < 1.29 is 4.74 Å². The van der Waals surface area contributed by atoms with E-state index >= 15 is 0 Å². The van der Waals surface area contributed by atoms with Crippen molar-refractivity contribution in [2.75, 3.05) is 19.1 Å². The molecule has 112 valence electrons. The first-order valence-electron chi connectivity index (χ1n) is 6.90. The molecule has 0 fully saturated rings.